The van der Waals surface area contributed by atoms with Crippen LogP contribution in [0, 0.1) is 11.6 Å². The van der Waals surface area contributed by atoms with Gasteiger partial charge in [0.1, 0.15) is 5.75 Å². The number of anilines is 1. The number of hydrogen-bond acceptors (Lipinski definition) is 3. The molecule has 132 valence electrons. The maximum atomic E-state index is 13.3. The van der Waals surface area contributed by atoms with Gasteiger partial charge in [-0.15, -0.1) is 0 Å². The minimum absolute atomic E-state index is 0.0214. The largest absolute Gasteiger partial charge is 0.508 e. The lowest BCUT2D eigenvalue weighted by molar-refractivity contribution is -0.131. The topological polar surface area (TPSA) is 52.6 Å². The van der Waals surface area contributed by atoms with Crippen LogP contribution in [0.2, 0.25) is 0 Å². The summed E-state index contributed by atoms with van der Waals surface area (Å²) in [5.74, 6) is -1.72. The molecule has 1 atom stereocenters. The number of amides is 1. The van der Waals surface area contributed by atoms with E-state index in [1.54, 1.807) is 29.2 Å². The molecule has 1 unspecified atom stereocenters. The molecule has 25 heavy (non-hydrogen) atoms. The van der Waals surface area contributed by atoms with E-state index in [0.717, 1.165) is 25.0 Å². The zero-order valence-corrected chi connectivity index (χ0v) is 13.7. The first-order valence-electron chi connectivity index (χ1n) is 8.29. The van der Waals surface area contributed by atoms with Gasteiger partial charge in [0.2, 0.25) is 5.91 Å². The number of piperidine rings is 1. The first-order chi connectivity index (χ1) is 12.0. The smallest absolute Gasteiger partial charge is 0.227 e. The van der Waals surface area contributed by atoms with Crippen LogP contribution in [0.4, 0.5) is 14.5 Å². The molecule has 2 aromatic rings. The summed E-state index contributed by atoms with van der Waals surface area (Å²) in [6.45, 7) is 1.15. The van der Waals surface area contributed by atoms with Crippen LogP contribution in [0.15, 0.2) is 42.5 Å². The van der Waals surface area contributed by atoms with E-state index in [-0.39, 0.29) is 24.1 Å². The summed E-state index contributed by atoms with van der Waals surface area (Å²) >= 11 is 0. The number of likely N-dealkylation sites (tertiary alicyclic amines) is 1. The summed E-state index contributed by atoms with van der Waals surface area (Å²) in [4.78, 5) is 14.2. The van der Waals surface area contributed by atoms with Crippen molar-refractivity contribution in [3.8, 4) is 5.75 Å². The molecule has 0 bridgehead atoms. The van der Waals surface area contributed by atoms with Crippen molar-refractivity contribution in [3.05, 3.63) is 59.7 Å². The van der Waals surface area contributed by atoms with Gasteiger partial charge in [0.25, 0.3) is 0 Å². The second-order valence-electron chi connectivity index (χ2n) is 6.26. The van der Waals surface area contributed by atoms with Crippen LogP contribution in [-0.2, 0) is 11.2 Å². The standard InChI is InChI=1S/C19H20F2N2O2/c20-16-8-7-14(11-17(16)21)22-15-5-3-9-23(12-15)19(25)10-13-4-1-2-6-18(13)24/h1-2,4,6-8,11,15,22,24H,3,5,9-10,12H2. The lowest BCUT2D eigenvalue weighted by Gasteiger charge is -2.34. The molecular formula is C19H20F2N2O2. The van der Waals surface area contributed by atoms with E-state index in [0.29, 0.717) is 24.3 Å². The highest BCUT2D eigenvalue weighted by atomic mass is 19.2. The number of aromatic hydroxyl groups is 1. The lowest BCUT2D eigenvalue weighted by Crippen LogP contribution is -2.45. The maximum Gasteiger partial charge on any atom is 0.227 e. The minimum atomic E-state index is -0.895. The molecule has 3 rings (SSSR count). The molecular weight excluding hydrogens is 326 g/mol. The molecule has 0 aliphatic carbocycles. The van der Waals surface area contributed by atoms with E-state index in [4.69, 9.17) is 0 Å². The van der Waals surface area contributed by atoms with Gasteiger partial charge in [-0.3, -0.25) is 4.79 Å². The van der Waals surface area contributed by atoms with Crippen LogP contribution in [0.5, 0.6) is 5.75 Å². The monoisotopic (exact) mass is 346 g/mol. The quantitative estimate of drug-likeness (QED) is 0.893. The number of para-hydroxylation sites is 1. The Morgan fingerprint density at radius 2 is 2.00 bits per heavy atom. The normalized spacial score (nSPS) is 17.4. The molecule has 0 spiro atoms. The number of nitrogens with one attached hydrogen (secondary N) is 1. The second kappa shape index (κ2) is 7.51. The van der Waals surface area contributed by atoms with Gasteiger partial charge >= 0.3 is 0 Å². The summed E-state index contributed by atoms with van der Waals surface area (Å²) in [5, 5.41) is 13.0. The second-order valence-corrected chi connectivity index (χ2v) is 6.26. The molecule has 1 fully saturated rings. The van der Waals surface area contributed by atoms with Crippen molar-refractivity contribution in [3.63, 3.8) is 0 Å². The average molecular weight is 346 g/mol. The molecule has 4 nitrogen and oxygen atoms in total. The van der Waals surface area contributed by atoms with Crippen molar-refractivity contribution in [1.29, 1.82) is 0 Å². The van der Waals surface area contributed by atoms with Crippen molar-refractivity contribution in [2.45, 2.75) is 25.3 Å². The van der Waals surface area contributed by atoms with E-state index in [2.05, 4.69) is 5.32 Å². The number of hydrogen-bond donors (Lipinski definition) is 2. The lowest BCUT2D eigenvalue weighted by atomic mass is 10.0. The van der Waals surface area contributed by atoms with Gasteiger partial charge < -0.3 is 15.3 Å². The summed E-state index contributed by atoms with van der Waals surface area (Å²) in [7, 11) is 0. The zero-order valence-electron chi connectivity index (χ0n) is 13.7. The summed E-state index contributed by atoms with van der Waals surface area (Å²) in [5.41, 5.74) is 1.10. The SMILES string of the molecule is O=C(Cc1ccccc1O)N1CCCC(Nc2ccc(F)c(F)c2)C1. The molecule has 1 aliphatic heterocycles. The Kier molecular flexibility index (Phi) is 5.16. The summed E-state index contributed by atoms with van der Waals surface area (Å²) in [6.07, 6.45) is 1.82. The number of rotatable bonds is 4. The predicted octanol–water partition coefficient (Wildman–Crippen LogP) is 3.32. The van der Waals surface area contributed by atoms with Crippen LogP contribution < -0.4 is 5.32 Å². The van der Waals surface area contributed by atoms with Crippen molar-refractivity contribution in [1.82, 2.24) is 4.90 Å². The molecule has 0 saturated carbocycles. The van der Waals surface area contributed by atoms with E-state index >= 15 is 0 Å². The minimum Gasteiger partial charge on any atom is -0.508 e. The van der Waals surface area contributed by atoms with Gasteiger partial charge in [0.15, 0.2) is 11.6 Å². The summed E-state index contributed by atoms with van der Waals surface area (Å²) in [6, 6.07) is 10.5. The van der Waals surface area contributed by atoms with Crippen molar-refractivity contribution < 1.29 is 18.7 Å². The number of halogens is 2. The average Bonchev–Trinajstić information content (AvgIpc) is 2.60. The number of phenols is 1. The van der Waals surface area contributed by atoms with Gasteiger partial charge in [-0.2, -0.15) is 0 Å². The van der Waals surface area contributed by atoms with Crippen LogP contribution in [-0.4, -0.2) is 35.0 Å². The van der Waals surface area contributed by atoms with E-state index in [1.165, 1.54) is 6.07 Å². The van der Waals surface area contributed by atoms with Gasteiger partial charge in [0, 0.05) is 36.4 Å². The number of carbonyl (C=O) groups excluding carboxylic acids is 1. The van der Waals surface area contributed by atoms with Crippen molar-refractivity contribution >= 4 is 11.6 Å². The molecule has 0 aromatic heterocycles. The molecule has 1 saturated heterocycles. The molecule has 6 heteroatoms. The molecule has 1 heterocycles. The third-order valence-electron chi connectivity index (χ3n) is 4.40. The molecule has 2 N–H and O–H groups in total. The van der Waals surface area contributed by atoms with E-state index in [9.17, 15) is 18.7 Å². The first-order valence-corrected chi connectivity index (χ1v) is 8.29. The van der Waals surface area contributed by atoms with Crippen molar-refractivity contribution in [2.75, 3.05) is 18.4 Å². The predicted molar refractivity (Wildman–Crippen MR) is 91.4 cm³/mol. The van der Waals surface area contributed by atoms with Crippen LogP contribution in [0.1, 0.15) is 18.4 Å². The van der Waals surface area contributed by atoms with Crippen molar-refractivity contribution in [2.24, 2.45) is 0 Å². The van der Waals surface area contributed by atoms with E-state index < -0.39 is 11.6 Å². The Hall–Kier alpha value is -2.63. The Labute approximate surface area is 145 Å². The van der Waals surface area contributed by atoms with Crippen LogP contribution in [0.3, 0.4) is 0 Å². The van der Waals surface area contributed by atoms with Gasteiger partial charge in [-0.1, -0.05) is 18.2 Å². The Bertz CT molecular complexity index is 767. The highest BCUT2D eigenvalue weighted by Crippen LogP contribution is 2.21. The van der Waals surface area contributed by atoms with Crippen LogP contribution >= 0.6 is 0 Å². The third-order valence-corrected chi connectivity index (χ3v) is 4.40. The number of nitrogens with zero attached hydrogens (tertiary/aromatic N) is 1. The number of phenolic OH excluding ortho intramolecular Hbond substituents is 1. The fraction of sp³-hybridized carbons (Fsp3) is 0.316. The fourth-order valence-electron chi connectivity index (χ4n) is 3.08. The Morgan fingerprint density at radius 1 is 1.20 bits per heavy atom. The highest BCUT2D eigenvalue weighted by molar-refractivity contribution is 5.79. The zero-order chi connectivity index (χ0) is 17.8. The van der Waals surface area contributed by atoms with Gasteiger partial charge in [-0.05, 0) is 31.0 Å². The summed E-state index contributed by atoms with van der Waals surface area (Å²) < 4.78 is 26.3. The Morgan fingerprint density at radius 3 is 2.76 bits per heavy atom. The Balaban J connectivity index is 1.61. The molecule has 1 amide bonds. The maximum absolute atomic E-state index is 13.3. The van der Waals surface area contributed by atoms with Crippen LogP contribution in [0.25, 0.3) is 0 Å². The molecule has 0 radical (unpaired) electrons. The van der Waals surface area contributed by atoms with Gasteiger partial charge in [0.05, 0.1) is 6.42 Å². The first kappa shape index (κ1) is 17.2. The molecule has 2 aromatic carbocycles. The molecule has 1 aliphatic rings. The number of carbonyl (C=O) groups is 1. The highest BCUT2D eigenvalue weighted by Gasteiger charge is 2.24. The number of benzene rings is 2. The van der Waals surface area contributed by atoms with E-state index in [1.807, 2.05) is 0 Å². The van der Waals surface area contributed by atoms with Gasteiger partial charge in [-0.25, -0.2) is 8.78 Å². The fourth-order valence-corrected chi connectivity index (χ4v) is 3.08. The third kappa shape index (κ3) is 4.26.